The van der Waals surface area contributed by atoms with E-state index in [1.807, 2.05) is 42.5 Å². The van der Waals surface area contributed by atoms with Gasteiger partial charge < -0.3 is 25.2 Å². The molecular weight excluding hydrogens is 641 g/mol. The Hall–Kier alpha value is -4.56. The average molecular weight is 677 g/mol. The Kier molecular flexibility index (Phi) is 7.99. The van der Waals surface area contributed by atoms with Crippen LogP contribution < -0.4 is 10.2 Å². The molecule has 1 saturated heterocycles. The summed E-state index contributed by atoms with van der Waals surface area (Å²) < 4.78 is 0. The predicted molar refractivity (Wildman–Crippen MR) is 194 cm³/mol. The highest BCUT2D eigenvalue weighted by atomic mass is 35.5. The summed E-state index contributed by atoms with van der Waals surface area (Å²) in [4.78, 5) is 27.2. The molecular formula is C39H35Cl2N5O2. The highest BCUT2D eigenvalue weighted by Crippen LogP contribution is 2.53. The van der Waals surface area contributed by atoms with Gasteiger partial charge in [-0.05, 0) is 83.8 Å². The van der Waals surface area contributed by atoms with Gasteiger partial charge in [-0.2, -0.15) is 0 Å². The molecule has 0 radical (unpaired) electrons. The average Bonchev–Trinajstić information content (AvgIpc) is 3.38. The van der Waals surface area contributed by atoms with Gasteiger partial charge in [0.2, 0.25) is 0 Å². The van der Waals surface area contributed by atoms with E-state index in [4.69, 9.17) is 23.2 Å². The maximum absolute atomic E-state index is 14.6. The van der Waals surface area contributed by atoms with Gasteiger partial charge >= 0.3 is 0 Å². The summed E-state index contributed by atoms with van der Waals surface area (Å²) in [6.45, 7) is 3.58. The number of fused-ring (bicyclic) bond motifs is 2. The van der Waals surface area contributed by atoms with Crippen LogP contribution in [0.1, 0.15) is 65.0 Å². The highest BCUT2D eigenvalue weighted by Gasteiger charge is 2.39. The first-order valence-electron chi connectivity index (χ1n) is 16.4. The third-order valence-electron chi connectivity index (χ3n) is 9.76. The van der Waals surface area contributed by atoms with E-state index in [2.05, 4.69) is 80.7 Å². The molecule has 0 spiro atoms. The summed E-state index contributed by atoms with van der Waals surface area (Å²) >= 11 is 13.2. The number of hydrogen-bond donors (Lipinski definition) is 3. The molecule has 2 unspecified atom stereocenters. The molecule has 0 aliphatic carbocycles. The summed E-state index contributed by atoms with van der Waals surface area (Å²) in [5.74, 6) is 0.606. The normalized spacial score (nSPS) is 19.4. The highest BCUT2D eigenvalue weighted by molar-refractivity contribution is 6.32. The number of aliphatic hydroxyl groups excluding tert-OH is 1. The third kappa shape index (κ3) is 5.36. The fourth-order valence-electron chi connectivity index (χ4n) is 7.56. The number of piperidine rings is 1. The minimum atomic E-state index is -0.314. The Morgan fingerprint density at radius 2 is 1.75 bits per heavy atom. The van der Waals surface area contributed by atoms with E-state index in [0.717, 1.165) is 45.3 Å². The standard InChI is InChI=1S/C39H35Cl2N5O2/c1-23-7-6-18-46-36(25-11-13-26(40)14-12-25)29-21-27(41)22-31-33(29)34(37(46)32(23)24-8-3-2-4-9-24)35(43-31)39(48)44-30-10-5-17-42-38(30)45-19-15-28(47)16-20-45/h2-6,8-14,17-18,21-23,28,36,43,47H,7,15-16,19-20H2,1H3,(H,44,48). The molecule has 0 saturated carbocycles. The lowest BCUT2D eigenvalue weighted by molar-refractivity contribution is 0.102. The number of nitrogens with zero attached hydrogens (tertiary/aromatic N) is 3. The molecule has 3 aliphatic heterocycles. The zero-order chi connectivity index (χ0) is 32.9. The summed E-state index contributed by atoms with van der Waals surface area (Å²) in [5.41, 5.74) is 8.09. The third-order valence-corrected chi connectivity index (χ3v) is 10.2. The van der Waals surface area contributed by atoms with Crippen molar-refractivity contribution in [3.8, 4) is 0 Å². The van der Waals surface area contributed by atoms with Crippen LogP contribution in [0.5, 0.6) is 0 Å². The number of anilines is 2. The molecule has 3 aromatic carbocycles. The van der Waals surface area contributed by atoms with Crippen LogP contribution in [0, 0.1) is 5.92 Å². The van der Waals surface area contributed by atoms with Crippen LogP contribution >= 0.6 is 23.2 Å². The topological polar surface area (TPSA) is 84.5 Å². The van der Waals surface area contributed by atoms with Crippen LogP contribution in [-0.2, 0) is 0 Å². The molecule has 8 rings (SSSR count). The molecule has 3 N–H and O–H groups in total. The molecule has 7 nitrogen and oxygen atoms in total. The Morgan fingerprint density at radius 1 is 0.979 bits per heavy atom. The molecule has 2 atom stereocenters. The number of H-pyrrole nitrogens is 1. The number of carbonyl (C=O) groups excluding carboxylic acids is 1. The van der Waals surface area contributed by atoms with Crippen LogP contribution in [0.15, 0.2) is 97.3 Å². The van der Waals surface area contributed by atoms with Gasteiger partial charge in [0, 0.05) is 52.0 Å². The smallest absolute Gasteiger partial charge is 0.272 e. The number of benzene rings is 3. The lowest BCUT2D eigenvalue weighted by Crippen LogP contribution is -2.37. The van der Waals surface area contributed by atoms with Gasteiger partial charge in [0.05, 0.1) is 23.5 Å². The van der Waals surface area contributed by atoms with Gasteiger partial charge in [-0.15, -0.1) is 0 Å². The van der Waals surface area contributed by atoms with Crippen molar-refractivity contribution in [2.45, 2.75) is 38.3 Å². The number of halogens is 2. The Morgan fingerprint density at radius 3 is 2.52 bits per heavy atom. The Bertz CT molecular complexity index is 2080. The summed E-state index contributed by atoms with van der Waals surface area (Å²) in [5, 5.41) is 15.5. The number of pyridine rings is 1. The molecule has 2 aromatic heterocycles. The number of rotatable bonds is 5. The fourth-order valence-corrected chi connectivity index (χ4v) is 7.91. The minimum absolute atomic E-state index is 0.170. The van der Waals surface area contributed by atoms with Crippen molar-refractivity contribution in [1.29, 1.82) is 0 Å². The molecule has 5 heterocycles. The molecule has 1 amide bonds. The van der Waals surface area contributed by atoms with Crippen molar-refractivity contribution in [3.63, 3.8) is 0 Å². The zero-order valence-corrected chi connectivity index (χ0v) is 28.0. The first-order chi connectivity index (χ1) is 23.4. The van der Waals surface area contributed by atoms with Crippen LogP contribution in [0.25, 0.3) is 22.2 Å². The van der Waals surface area contributed by atoms with Crippen molar-refractivity contribution in [1.82, 2.24) is 14.9 Å². The lowest BCUT2D eigenvalue weighted by Gasteiger charge is -2.39. The number of amides is 1. The number of hydrogen-bond acceptors (Lipinski definition) is 5. The first kappa shape index (κ1) is 30.8. The van der Waals surface area contributed by atoms with Crippen LogP contribution in [0.3, 0.4) is 0 Å². The van der Waals surface area contributed by atoms with E-state index >= 15 is 0 Å². The van der Waals surface area contributed by atoms with E-state index in [0.29, 0.717) is 53.2 Å². The number of carbonyl (C=O) groups is 1. The van der Waals surface area contributed by atoms with E-state index in [9.17, 15) is 9.90 Å². The van der Waals surface area contributed by atoms with Gasteiger partial charge in [-0.1, -0.05) is 78.7 Å². The summed E-state index contributed by atoms with van der Waals surface area (Å²) in [6.07, 6.45) is 7.97. The van der Waals surface area contributed by atoms with E-state index in [1.165, 1.54) is 5.57 Å². The molecule has 242 valence electrons. The van der Waals surface area contributed by atoms with Gasteiger partial charge in [-0.25, -0.2) is 4.98 Å². The number of aliphatic hydroxyl groups is 1. The quantitative estimate of drug-likeness (QED) is 0.173. The number of nitrogens with one attached hydrogen (secondary N) is 2. The summed E-state index contributed by atoms with van der Waals surface area (Å²) in [7, 11) is 0. The van der Waals surface area contributed by atoms with Gasteiger partial charge in [0.15, 0.2) is 5.82 Å². The van der Waals surface area contributed by atoms with Gasteiger partial charge in [0.25, 0.3) is 5.91 Å². The van der Waals surface area contributed by atoms with Gasteiger partial charge in [-0.3, -0.25) is 4.79 Å². The SMILES string of the molecule is CC1CC=CN2C(=C1c1ccccc1)c1c(C(=O)Nc3cccnc3N3CCC(O)CC3)[nH]c3cc(Cl)cc(c13)C2c1ccc(Cl)cc1. The minimum Gasteiger partial charge on any atom is -0.393 e. The second kappa shape index (κ2) is 12.5. The molecule has 5 aromatic rings. The molecule has 1 fully saturated rings. The summed E-state index contributed by atoms with van der Waals surface area (Å²) in [6, 6.07) is 25.9. The van der Waals surface area contributed by atoms with Crippen LogP contribution in [-0.4, -0.2) is 45.1 Å². The van der Waals surface area contributed by atoms with Crippen LogP contribution in [0.2, 0.25) is 10.0 Å². The van der Waals surface area contributed by atoms with Gasteiger partial charge in [0.1, 0.15) is 5.69 Å². The number of allylic oxidation sites excluding steroid dienone is 2. The maximum Gasteiger partial charge on any atom is 0.272 e. The maximum atomic E-state index is 14.6. The van der Waals surface area contributed by atoms with Crippen molar-refractivity contribution in [3.05, 3.63) is 135 Å². The van der Waals surface area contributed by atoms with Crippen molar-refractivity contribution < 1.29 is 9.90 Å². The molecule has 0 bridgehead atoms. The molecule has 48 heavy (non-hydrogen) atoms. The molecule has 9 heteroatoms. The second-order valence-corrected chi connectivity index (χ2v) is 13.7. The fraction of sp³-hybridized carbons (Fsp3) is 0.231. The van der Waals surface area contributed by atoms with E-state index in [1.54, 1.807) is 6.20 Å². The monoisotopic (exact) mass is 675 g/mol. The Balaban J connectivity index is 1.36. The van der Waals surface area contributed by atoms with E-state index in [-0.39, 0.29) is 24.0 Å². The lowest BCUT2D eigenvalue weighted by atomic mass is 9.82. The van der Waals surface area contributed by atoms with Crippen molar-refractivity contribution in [2.75, 3.05) is 23.3 Å². The Labute approximate surface area is 289 Å². The first-order valence-corrected chi connectivity index (χ1v) is 17.2. The number of aromatic amines is 1. The van der Waals surface area contributed by atoms with Crippen molar-refractivity contribution >= 4 is 62.8 Å². The predicted octanol–water partition coefficient (Wildman–Crippen LogP) is 8.91. The van der Waals surface area contributed by atoms with E-state index < -0.39 is 0 Å². The zero-order valence-electron chi connectivity index (χ0n) is 26.5. The van der Waals surface area contributed by atoms with Crippen molar-refractivity contribution in [2.24, 2.45) is 5.92 Å². The number of aromatic nitrogens is 2. The largest absolute Gasteiger partial charge is 0.393 e. The molecule has 3 aliphatic rings. The second-order valence-electron chi connectivity index (χ2n) is 12.9. The van der Waals surface area contributed by atoms with Crippen LogP contribution in [0.4, 0.5) is 11.5 Å².